The predicted molar refractivity (Wildman–Crippen MR) is 89.4 cm³/mol. The summed E-state index contributed by atoms with van der Waals surface area (Å²) in [7, 11) is 0. The van der Waals surface area contributed by atoms with E-state index in [1.807, 2.05) is 27.7 Å². The number of H-pyrrole nitrogens is 1. The Balaban J connectivity index is 1.93. The third-order valence-electron chi connectivity index (χ3n) is 4.62. The zero-order chi connectivity index (χ0) is 16.1. The molecule has 22 heavy (non-hydrogen) atoms. The van der Waals surface area contributed by atoms with Gasteiger partial charge in [-0.25, -0.2) is 4.98 Å². The average Bonchev–Trinajstić information content (AvgIpc) is 2.95. The number of nitrogens with zero attached hydrogens (tertiary/aromatic N) is 2. The van der Waals surface area contributed by atoms with Crippen LogP contribution in [0.15, 0.2) is 4.79 Å². The molecule has 3 rings (SSSR count). The first-order chi connectivity index (χ1) is 10.3. The van der Waals surface area contributed by atoms with Crippen LogP contribution in [0.1, 0.15) is 43.0 Å². The van der Waals surface area contributed by atoms with Crippen molar-refractivity contribution in [2.75, 3.05) is 6.54 Å². The van der Waals surface area contributed by atoms with Gasteiger partial charge in [0.05, 0.1) is 17.5 Å². The number of likely N-dealkylation sites (tertiary alicyclic amines) is 1. The van der Waals surface area contributed by atoms with Crippen LogP contribution in [0.25, 0.3) is 10.2 Å². The maximum atomic E-state index is 12.3. The summed E-state index contributed by atoms with van der Waals surface area (Å²) in [6, 6.07) is 0.111. The standard InChI is InChI=1S/C16H23N3O2S/c1-9-10(2)22-15-13(9)14(20)17-12(18-15)8-19-7-5-6-11(19)16(3,4)21/h11,21H,5-8H2,1-4H3,(H,17,18,20). The van der Waals surface area contributed by atoms with Crippen molar-refractivity contribution < 1.29 is 5.11 Å². The highest BCUT2D eigenvalue weighted by Gasteiger charge is 2.36. The van der Waals surface area contributed by atoms with Gasteiger partial charge in [-0.15, -0.1) is 11.3 Å². The van der Waals surface area contributed by atoms with Gasteiger partial charge in [0.25, 0.3) is 5.56 Å². The van der Waals surface area contributed by atoms with Gasteiger partial charge in [0.1, 0.15) is 10.7 Å². The van der Waals surface area contributed by atoms with E-state index >= 15 is 0 Å². The molecule has 0 radical (unpaired) electrons. The van der Waals surface area contributed by atoms with Crippen LogP contribution in [0.4, 0.5) is 0 Å². The lowest BCUT2D eigenvalue weighted by Gasteiger charge is -2.33. The molecule has 3 heterocycles. The molecular formula is C16H23N3O2S. The SMILES string of the molecule is Cc1sc2nc(CN3CCCC3C(C)(C)O)[nH]c(=O)c2c1C. The Morgan fingerprint density at radius 3 is 2.86 bits per heavy atom. The van der Waals surface area contributed by atoms with Gasteiger partial charge in [0.2, 0.25) is 0 Å². The summed E-state index contributed by atoms with van der Waals surface area (Å²) in [5.74, 6) is 0.690. The van der Waals surface area contributed by atoms with Gasteiger partial charge in [-0.3, -0.25) is 9.69 Å². The largest absolute Gasteiger partial charge is 0.389 e. The van der Waals surface area contributed by atoms with Crippen LogP contribution in [0, 0.1) is 13.8 Å². The Morgan fingerprint density at radius 2 is 2.18 bits per heavy atom. The fraction of sp³-hybridized carbons (Fsp3) is 0.625. The molecule has 0 amide bonds. The molecule has 2 N–H and O–H groups in total. The molecule has 2 aromatic heterocycles. The normalized spacial score (nSPS) is 20.1. The quantitative estimate of drug-likeness (QED) is 0.910. The van der Waals surface area contributed by atoms with Crippen LogP contribution in [0.5, 0.6) is 0 Å². The molecule has 1 aliphatic rings. The molecule has 0 spiro atoms. The van der Waals surface area contributed by atoms with E-state index in [9.17, 15) is 9.90 Å². The van der Waals surface area contributed by atoms with Crippen LogP contribution in [0.2, 0.25) is 0 Å². The number of hydrogen-bond donors (Lipinski definition) is 2. The van der Waals surface area contributed by atoms with Crippen molar-refractivity contribution in [3.05, 3.63) is 26.6 Å². The predicted octanol–water partition coefficient (Wildman–Crippen LogP) is 2.34. The number of aromatic nitrogens is 2. The second-order valence-electron chi connectivity index (χ2n) is 6.76. The number of aryl methyl sites for hydroxylation is 2. The van der Waals surface area contributed by atoms with E-state index in [4.69, 9.17) is 0 Å². The maximum absolute atomic E-state index is 12.3. The number of fused-ring (bicyclic) bond motifs is 1. The lowest BCUT2D eigenvalue weighted by atomic mass is 9.97. The molecule has 2 aromatic rings. The van der Waals surface area contributed by atoms with Gasteiger partial charge in [0, 0.05) is 10.9 Å². The first-order valence-electron chi connectivity index (χ1n) is 7.72. The van der Waals surface area contributed by atoms with E-state index in [0.29, 0.717) is 17.8 Å². The van der Waals surface area contributed by atoms with Crippen LogP contribution in [-0.2, 0) is 6.54 Å². The van der Waals surface area contributed by atoms with E-state index in [1.54, 1.807) is 11.3 Å². The number of rotatable bonds is 3. The number of thiophene rings is 1. The molecule has 0 bridgehead atoms. The third kappa shape index (κ3) is 2.71. The highest BCUT2D eigenvalue weighted by atomic mass is 32.1. The van der Waals surface area contributed by atoms with Crippen molar-refractivity contribution in [1.82, 2.24) is 14.9 Å². The van der Waals surface area contributed by atoms with Gasteiger partial charge < -0.3 is 10.1 Å². The summed E-state index contributed by atoms with van der Waals surface area (Å²) < 4.78 is 0. The van der Waals surface area contributed by atoms with Gasteiger partial charge >= 0.3 is 0 Å². The Bertz CT molecular complexity index is 757. The first kappa shape index (κ1) is 15.6. The van der Waals surface area contributed by atoms with Crippen molar-refractivity contribution in [1.29, 1.82) is 0 Å². The molecular weight excluding hydrogens is 298 g/mol. The monoisotopic (exact) mass is 321 g/mol. The fourth-order valence-corrected chi connectivity index (χ4v) is 4.43. The van der Waals surface area contributed by atoms with Crippen LogP contribution >= 0.6 is 11.3 Å². The van der Waals surface area contributed by atoms with Crippen molar-refractivity contribution in [2.45, 2.75) is 58.7 Å². The molecule has 120 valence electrons. The summed E-state index contributed by atoms with van der Waals surface area (Å²) in [5, 5.41) is 11.0. The zero-order valence-corrected chi connectivity index (χ0v) is 14.4. The summed E-state index contributed by atoms with van der Waals surface area (Å²) in [4.78, 5) is 24.1. The molecule has 1 atom stereocenters. The lowest BCUT2D eigenvalue weighted by molar-refractivity contribution is -0.00573. The van der Waals surface area contributed by atoms with E-state index < -0.39 is 5.60 Å². The lowest BCUT2D eigenvalue weighted by Crippen LogP contribution is -2.45. The summed E-state index contributed by atoms with van der Waals surface area (Å²) in [6.45, 7) is 9.19. The highest BCUT2D eigenvalue weighted by molar-refractivity contribution is 7.18. The number of aliphatic hydroxyl groups is 1. The zero-order valence-electron chi connectivity index (χ0n) is 13.6. The average molecular weight is 321 g/mol. The Morgan fingerprint density at radius 1 is 1.45 bits per heavy atom. The second-order valence-corrected chi connectivity index (χ2v) is 7.96. The molecule has 0 saturated carbocycles. The van der Waals surface area contributed by atoms with E-state index in [2.05, 4.69) is 14.9 Å². The van der Waals surface area contributed by atoms with E-state index in [1.165, 1.54) is 0 Å². The van der Waals surface area contributed by atoms with Gasteiger partial charge in [-0.2, -0.15) is 0 Å². The summed E-state index contributed by atoms with van der Waals surface area (Å²) >= 11 is 1.57. The molecule has 1 aliphatic heterocycles. The molecule has 5 nitrogen and oxygen atoms in total. The Kier molecular flexibility index (Phi) is 3.87. The van der Waals surface area contributed by atoms with Crippen molar-refractivity contribution in [2.24, 2.45) is 0 Å². The van der Waals surface area contributed by atoms with E-state index in [0.717, 1.165) is 34.7 Å². The van der Waals surface area contributed by atoms with Crippen LogP contribution < -0.4 is 5.56 Å². The topological polar surface area (TPSA) is 69.2 Å². The van der Waals surface area contributed by atoms with Crippen LogP contribution in [0.3, 0.4) is 0 Å². The maximum Gasteiger partial charge on any atom is 0.259 e. The number of aromatic amines is 1. The molecule has 0 aromatic carbocycles. The smallest absolute Gasteiger partial charge is 0.259 e. The molecule has 1 saturated heterocycles. The Labute approximate surface area is 134 Å². The molecule has 1 unspecified atom stereocenters. The van der Waals surface area contributed by atoms with Crippen LogP contribution in [-0.4, -0.2) is 38.2 Å². The summed E-state index contributed by atoms with van der Waals surface area (Å²) in [5.41, 5.74) is 0.230. The molecule has 6 heteroatoms. The number of nitrogens with one attached hydrogen (secondary N) is 1. The third-order valence-corrected chi connectivity index (χ3v) is 5.72. The minimum Gasteiger partial charge on any atom is -0.389 e. The minimum atomic E-state index is -0.739. The fourth-order valence-electron chi connectivity index (χ4n) is 3.38. The summed E-state index contributed by atoms with van der Waals surface area (Å²) in [6.07, 6.45) is 2.05. The number of hydrogen-bond acceptors (Lipinski definition) is 5. The highest BCUT2D eigenvalue weighted by Crippen LogP contribution is 2.29. The van der Waals surface area contributed by atoms with Gasteiger partial charge in [-0.05, 0) is 52.6 Å². The second kappa shape index (κ2) is 5.44. The van der Waals surface area contributed by atoms with E-state index in [-0.39, 0.29) is 11.6 Å². The van der Waals surface area contributed by atoms with Crippen molar-refractivity contribution in [3.63, 3.8) is 0 Å². The van der Waals surface area contributed by atoms with Crippen molar-refractivity contribution in [3.8, 4) is 0 Å². The first-order valence-corrected chi connectivity index (χ1v) is 8.54. The van der Waals surface area contributed by atoms with Gasteiger partial charge in [-0.1, -0.05) is 0 Å². The molecule has 1 fully saturated rings. The minimum absolute atomic E-state index is 0.0548. The Hall–Kier alpha value is -1.24. The van der Waals surface area contributed by atoms with Crippen molar-refractivity contribution >= 4 is 21.6 Å². The molecule has 0 aliphatic carbocycles. The van der Waals surface area contributed by atoms with Gasteiger partial charge in [0.15, 0.2) is 0 Å².